The zero-order chi connectivity index (χ0) is 28.0. The summed E-state index contributed by atoms with van der Waals surface area (Å²) in [4.78, 5) is 31.8. The number of amides is 1. The number of carbonyl (C=O) groups excluding carboxylic acids is 2. The molecule has 0 aliphatic carbocycles. The first-order chi connectivity index (χ1) is 18.6. The molecule has 1 aliphatic rings. The van der Waals surface area contributed by atoms with Crippen LogP contribution in [-0.2, 0) is 22.6 Å². The van der Waals surface area contributed by atoms with Gasteiger partial charge in [0.2, 0.25) is 5.78 Å². The minimum atomic E-state index is -1.01. The van der Waals surface area contributed by atoms with Crippen LogP contribution in [-0.4, -0.2) is 51.7 Å². The van der Waals surface area contributed by atoms with E-state index in [1.54, 1.807) is 17.0 Å². The number of Topliss-reactive ketones (excluding diaryl/α,β-unsaturated/α-hetero) is 1. The molecule has 39 heavy (non-hydrogen) atoms. The monoisotopic (exact) mass is 528 g/mol. The van der Waals surface area contributed by atoms with Gasteiger partial charge in [-0.2, -0.15) is 0 Å². The van der Waals surface area contributed by atoms with Gasteiger partial charge in [0.15, 0.2) is 6.10 Å². The van der Waals surface area contributed by atoms with Gasteiger partial charge in [-0.3, -0.25) is 14.6 Å². The molecular weight excluding hydrogens is 488 g/mol. The molecule has 0 aromatic heterocycles. The number of ketones is 1. The lowest BCUT2D eigenvalue weighted by molar-refractivity contribution is -0.0636. The molecular formula is C33H40N2O4. The number of benzene rings is 3. The largest absolute Gasteiger partial charge is 0.436 e. The highest BCUT2D eigenvalue weighted by molar-refractivity contribution is 6.00. The highest BCUT2D eigenvalue weighted by Gasteiger charge is 2.51. The molecule has 3 aromatic carbocycles. The number of nitrogens with zero attached hydrogens (tertiary/aromatic N) is 2. The topological polar surface area (TPSA) is 59.1 Å². The standard InChI is InChI=1S/C33H40N2O4/c1-6-28(34(22-25-16-10-7-11-17-25)23-26-18-12-8-13-19-26)30(29(36)27-20-14-9-15-21-27)39-31(37)35-32(2,3)24-38-33(35,4)5/h7-21,28,30H,6,22-24H2,1-5H3/t28-,30-/m1/s1. The highest BCUT2D eigenvalue weighted by atomic mass is 16.6. The van der Waals surface area contributed by atoms with Crippen LogP contribution in [0.2, 0.25) is 0 Å². The third kappa shape index (κ3) is 6.75. The predicted molar refractivity (Wildman–Crippen MR) is 153 cm³/mol. The summed E-state index contributed by atoms with van der Waals surface area (Å²) in [5.74, 6) is -0.211. The molecule has 2 atom stereocenters. The first-order valence-electron chi connectivity index (χ1n) is 13.7. The minimum Gasteiger partial charge on any atom is -0.436 e. The van der Waals surface area contributed by atoms with Gasteiger partial charge in [-0.15, -0.1) is 0 Å². The summed E-state index contributed by atoms with van der Waals surface area (Å²) in [7, 11) is 0. The Morgan fingerprint density at radius 1 is 0.846 bits per heavy atom. The van der Waals surface area contributed by atoms with Gasteiger partial charge in [-0.05, 0) is 45.2 Å². The number of rotatable bonds is 10. The second-order valence-corrected chi connectivity index (χ2v) is 11.3. The van der Waals surface area contributed by atoms with Crippen molar-refractivity contribution in [1.29, 1.82) is 0 Å². The summed E-state index contributed by atoms with van der Waals surface area (Å²) in [6.07, 6.45) is -0.946. The Kier molecular flexibility index (Phi) is 8.88. The summed E-state index contributed by atoms with van der Waals surface area (Å²) in [5.41, 5.74) is 1.34. The fraction of sp³-hybridized carbons (Fsp3) is 0.394. The molecule has 206 valence electrons. The molecule has 1 amide bonds. The van der Waals surface area contributed by atoms with Crippen molar-refractivity contribution in [2.24, 2.45) is 0 Å². The maximum atomic E-state index is 14.1. The van der Waals surface area contributed by atoms with E-state index in [4.69, 9.17) is 9.47 Å². The summed E-state index contributed by atoms with van der Waals surface area (Å²) < 4.78 is 12.2. The molecule has 1 heterocycles. The van der Waals surface area contributed by atoms with Crippen molar-refractivity contribution < 1.29 is 19.1 Å². The third-order valence-corrected chi connectivity index (χ3v) is 7.34. The quantitative estimate of drug-likeness (QED) is 0.274. The Balaban J connectivity index is 1.73. The summed E-state index contributed by atoms with van der Waals surface area (Å²) >= 11 is 0. The Labute approximate surface area is 232 Å². The van der Waals surface area contributed by atoms with Crippen molar-refractivity contribution in [2.75, 3.05) is 6.61 Å². The number of ether oxygens (including phenoxy) is 2. The Morgan fingerprint density at radius 2 is 1.33 bits per heavy atom. The average molecular weight is 529 g/mol. The molecule has 0 spiro atoms. The van der Waals surface area contributed by atoms with Gasteiger partial charge in [0.1, 0.15) is 5.72 Å². The van der Waals surface area contributed by atoms with Crippen LogP contribution >= 0.6 is 0 Å². The number of hydrogen-bond acceptors (Lipinski definition) is 5. The first-order valence-corrected chi connectivity index (χ1v) is 13.7. The van der Waals surface area contributed by atoms with Crippen LogP contribution in [0.5, 0.6) is 0 Å². The molecule has 0 radical (unpaired) electrons. The lowest BCUT2D eigenvalue weighted by atomic mass is 9.96. The van der Waals surface area contributed by atoms with Crippen LogP contribution < -0.4 is 0 Å². The lowest BCUT2D eigenvalue weighted by Crippen LogP contribution is -2.56. The van der Waals surface area contributed by atoms with Crippen molar-refractivity contribution in [3.63, 3.8) is 0 Å². The lowest BCUT2D eigenvalue weighted by Gasteiger charge is -2.40. The summed E-state index contributed by atoms with van der Waals surface area (Å²) in [6.45, 7) is 11.2. The fourth-order valence-electron chi connectivity index (χ4n) is 5.50. The van der Waals surface area contributed by atoms with E-state index in [0.717, 1.165) is 11.1 Å². The van der Waals surface area contributed by atoms with Gasteiger partial charge in [0, 0.05) is 18.7 Å². The molecule has 0 saturated carbocycles. The molecule has 1 saturated heterocycles. The van der Waals surface area contributed by atoms with Gasteiger partial charge < -0.3 is 9.47 Å². The van der Waals surface area contributed by atoms with E-state index in [0.29, 0.717) is 31.7 Å². The first kappa shape index (κ1) is 28.5. The van der Waals surface area contributed by atoms with E-state index in [9.17, 15) is 9.59 Å². The minimum absolute atomic E-state index is 0.211. The number of carbonyl (C=O) groups is 2. The van der Waals surface area contributed by atoms with Crippen LogP contribution in [0.1, 0.15) is 62.5 Å². The van der Waals surface area contributed by atoms with Gasteiger partial charge in [0.05, 0.1) is 18.2 Å². The Hall–Kier alpha value is -3.48. The molecule has 0 bridgehead atoms. The van der Waals surface area contributed by atoms with Crippen LogP contribution in [0.4, 0.5) is 4.79 Å². The molecule has 1 fully saturated rings. The van der Waals surface area contributed by atoms with Gasteiger partial charge in [-0.25, -0.2) is 4.79 Å². The molecule has 6 nitrogen and oxygen atoms in total. The molecule has 6 heteroatoms. The van der Waals surface area contributed by atoms with E-state index in [2.05, 4.69) is 29.2 Å². The highest BCUT2D eigenvalue weighted by Crippen LogP contribution is 2.36. The summed E-state index contributed by atoms with van der Waals surface area (Å²) in [6, 6.07) is 29.1. The fourth-order valence-corrected chi connectivity index (χ4v) is 5.50. The third-order valence-electron chi connectivity index (χ3n) is 7.34. The van der Waals surface area contributed by atoms with Crippen molar-refractivity contribution in [3.8, 4) is 0 Å². The normalized spacial score (nSPS) is 17.5. The second kappa shape index (κ2) is 12.1. The van der Waals surface area contributed by atoms with E-state index in [-0.39, 0.29) is 11.8 Å². The van der Waals surface area contributed by atoms with Crippen molar-refractivity contribution in [3.05, 3.63) is 108 Å². The van der Waals surface area contributed by atoms with Crippen LogP contribution in [0.15, 0.2) is 91.0 Å². The second-order valence-electron chi connectivity index (χ2n) is 11.3. The maximum absolute atomic E-state index is 14.1. The number of hydrogen-bond donors (Lipinski definition) is 0. The Bertz CT molecular complexity index is 1170. The zero-order valence-electron chi connectivity index (χ0n) is 23.7. The molecule has 3 aromatic rings. The van der Waals surface area contributed by atoms with E-state index < -0.39 is 23.5 Å². The SMILES string of the molecule is CC[C@H]([C@@H](OC(=O)N1C(C)(C)COC1(C)C)C(=O)c1ccccc1)N(Cc1ccccc1)Cc1ccccc1. The summed E-state index contributed by atoms with van der Waals surface area (Å²) in [5, 5.41) is 0. The van der Waals surface area contributed by atoms with Crippen molar-refractivity contribution >= 4 is 11.9 Å². The molecule has 0 unspecified atom stereocenters. The predicted octanol–water partition coefficient (Wildman–Crippen LogP) is 6.70. The molecule has 0 N–H and O–H groups in total. The maximum Gasteiger partial charge on any atom is 0.413 e. The van der Waals surface area contributed by atoms with Crippen molar-refractivity contribution in [1.82, 2.24) is 9.80 Å². The molecule has 1 aliphatic heterocycles. The van der Waals surface area contributed by atoms with Crippen molar-refractivity contribution in [2.45, 2.75) is 77.5 Å². The zero-order valence-corrected chi connectivity index (χ0v) is 23.7. The van der Waals surface area contributed by atoms with E-state index in [1.165, 1.54) is 0 Å². The molecule has 4 rings (SSSR count). The van der Waals surface area contributed by atoms with Crippen LogP contribution in [0.25, 0.3) is 0 Å². The average Bonchev–Trinajstić information content (AvgIpc) is 3.16. The van der Waals surface area contributed by atoms with Crippen LogP contribution in [0.3, 0.4) is 0 Å². The Morgan fingerprint density at radius 3 is 1.77 bits per heavy atom. The van der Waals surface area contributed by atoms with E-state index in [1.807, 2.05) is 89.2 Å². The van der Waals surface area contributed by atoms with Gasteiger partial charge in [0.25, 0.3) is 0 Å². The van der Waals surface area contributed by atoms with Gasteiger partial charge in [-0.1, -0.05) is 97.9 Å². The van der Waals surface area contributed by atoms with Crippen LogP contribution in [0, 0.1) is 0 Å². The van der Waals surface area contributed by atoms with E-state index >= 15 is 0 Å². The smallest absolute Gasteiger partial charge is 0.413 e. The van der Waals surface area contributed by atoms with Gasteiger partial charge >= 0.3 is 6.09 Å².